The minimum atomic E-state index is 0.0850. The van der Waals surface area contributed by atoms with E-state index in [1.54, 1.807) is 0 Å². The molecule has 0 aliphatic heterocycles. The molecule has 0 N–H and O–H groups in total. The van der Waals surface area contributed by atoms with Crippen LogP contribution in [0.2, 0.25) is 0 Å². The molecule has 0 bridgehead atoms. The summed E-state index contributed by atoms with van der Waals surface area (Å²) in [5, 5.41) is 0. The Bertz CT molecular complexity index is 236. The summed E-state index contributed by atoms with van der Waals surface area (Å²) >= 11 is 0. The van der Waals surface area contributed by atoms with Crippen LogP contribution in [-0.2, 0) is 9.47 Å². The van der Waals surface area contributed by atoms with Gasteiger partial charge in [-0.1, -0.05) is 71.1 Å². The van der Waals surface area contributed by atoms with Crippen molar-refractivity contribution in [3.63, 3.8) is 0 Å². The molecular weight excluding hydrogens is 272 g/mol. The second-order valence-corrected chi connectivity index (χ2v) is 7.42. The molecule has 2 saturated carbocycles. The lowest BCUT2D eigenvalue weighted by molar-refractivity contribution is -0.195. The summed E-state index contributed by atoms with van der Waals surface area (Å²) in [4.78, 5) is 0. The van der Waals surface area contributed by atoms with Crippen LogP contribution in [0.5, 0.6) is 0 Å². The molecule has 0 unspecified atom stereocenters. The quantitative estimate of drug-likeness (QED) is 0.308. The molecule has 0 aromatic heterocycles. The summed E-state index contributed by atoms with van der Waals surface area (Å²) in [7, 11) is 0. The van der Waals surface area contributed by atoms with Crippen LogP contribution in [-0.4, -0.2) is 18.5 Å². The van der Waals surface area contributed by atoms with Crippen molar-refractivity contribution in [2.45, 2.75) is 128 Å². The summed E-state index contributed by atoms with van der Waals surface area (Å²) in [5.74, 6) is 0. The highest BCUT2D eigenvalue weighted by Gasteiger charge is 2.24. The predicted octanol–water partition coefficient (Wildman–Crippen LogP) is 6.37. The highest BCUT2D eigenvalue weighted by Crippen LogP contribution is 2.28. The van der Waals surface area contributed by atoms with Crippen molar-refractivity contribution >= 4 is 0 Å². The first kappa shape index (κ1) is 18.3. The van der Waals surface area contributed by atoms with Crippen LogP contribution >= 0.6 is 0 Å². The molecule has 2 aliphatic carbocycles. The Morgan fingerprint density at radius 2 is 1.14 bits per heavy atom. The average Bonchev–Trinajstić information content (AvgIpc) is 3.20. The van der Waals surface area contributed by atoms with E-state index in [2.05, 4.69) is 6.92 Å². The minimum absolute atomic E-state index is 0.0850. The van der Waals surface area contributed by atoms with Crippen LogP contribution < -0.4 is 0 Å². The van der Waals surface area contributed by atoms with Crippen molar-refractivity contribution in [2.75, 3.05) is 0 Å². The number of hydrogen-bond donors (Lipinski definition) is 0. The molecule has 2 fully saturated rings. The van der Waals surface area contributed by atoms with Gasteiger partial charge in [0.2, 0.25) is 0 Å². The highest BCUT2D eigenvalue weighted by molar-refractivity contribution is 4.71. The first-order valence-electron chi connectivity index (χ1n) is 10.2. The Balaban J connectivity index is 1.60. The van der Waals surface area contributed by atoms with Gasteiger partial charge >= 0.3 is 0 Å². The zero-order chi connectivity index (χ0) is 15.5. The third-order valence-corrected chi connectivity index (χ3v) is 5.34. The van der Waals surface area contributed by atoms with Crippen LogP contribution in [0.25, 0.3) is 0 Å². The molecule has 0 radical (unpaired) electrons. The van der Waals surface area contributed by atoms with Crippen molar-refractivity contribution in [3.8, 4) is 0 Å². The van der Waals surface area contributed by atoms with Crippen LogP contribution in [0.4, 0.5) is 0 Å². The maximum Gasteiger partial charge on any atom is 0.158 e. The zero-order valence-electron chi connectivity index (χ0n) is 14.9. The highest BCUT2D eigenvalue weighted by atomic mass is 16.7. The summed E-state index contributed by atoms with van der Waals surface area (Å²) in [5.41, 5.74) is 0. The summed E-state index contributed by atoms with van der Waals surface area (Å²) < 4.78 is 12.6. The molecule has 2 heteroatoms. The molecule has 0 heterocycles. The van der Waals surface area contributed by atoms with Crippen LogP contribution in [0.15, 0.2) is 0 Å². The van der Waals surface area contributed by atoms with E-state index in [0.29, 0.717) is 12.2 Å². The maximum absolute atomic E-state index is 6.30. The molecular formula is C20H38O2. The molecule has 0 atom stereocenters. The average molecular weight is 311 g/mol. The summed E-state index contributed by atoms with van der Waals surface area (Å²) in [6.07, 6.45) is 22.1. The maximum atomic E-state index is 6.30. The van der Waals surface area contributed by atoms with Gasteiger partial charge in [-0.2, -0.15) is 0 Å². The van der Waals surface area contributed by atoms with Crippen molar-refractivity contribution in [3.05, 3.63) is 0 Å². The summed E-state index contributed by atoms with van der Waals surface area (Å²) in [6, 6.07) is 0. The van der Waals surface area contributed by atoms with Gasteiger partial charge in [-0.05, 0) is 38.5 Å². The fourth-order valence-corrected chi connectivity index (χ4v) is 3.91. The first-order valence-corrected chi connectivity index (χ1v) is 10.2. The van der Waals surface area contributed by atoms with Gasteiger partial charge in [-0.15, -0.1) is 0 Å². The van der Waals surface area contributed by atoms with E-state index >= 15 is 0 Å². The second-order valence-electron chi connectivity index (χ2n) is 7.42. The van der Waals surface area contributed by atoms with E-state index in [1.165, 1.54) is 96.3 Å². The Hall–Kier alpha value is -0.0800. The lowest BCUT2D eigenvalue weighted by atomic mass is 10.1. The standard InChI is InChI=1S/C20H38O2/c1-2-3-4-5-6-7-8-17-20(21-18-13-9-10-14-18)22-19-15-11-12-16-19/h18-20H,2-17H2,1H3. The van der Waals surface area contributed by atoms with Crippen LogP contribution in [0.3, 0.4) is 0 Å². The Labute approximate surface area is 138 Å². The van der Waals surface area contributed by atoms with Crippen LogP contribution in [0, 0.1) is 0 Å². The third kappa shape index (κ3) is 7.46. The van der Waals surface area contributed by atoms with E-state index in [-0.39, 0.29) is 6.29 Å². The SMILES string of the molecule is CCCCCCCCCC(OC1CCCC1)OC1CCCC1. The molecule has 2 aliphatic rings. The Kier molecular flexibility index (Phi) is 9.51. The smallest absolute Gasteiger partial charge is 0.158 e. The molecule has 0 aromatic rings. The molecule has 0 aromatic carbocycles. The fraction of sp³-hybridized carbons (Fsp3) is 1.00. The Morgan fingerprint density at radius 1 is 0.682 bits per heavy atom. The second kappa shape index (κ2) is 11.5. The van der Waals surface area contributed by atoms with Gasteiger partial charge in [-0.25, -0.2) is 0 Å². The largest absolute Gasteiger partial charge is 0.349 e. The van der Waals surface area contributed by atoms with Crippen molar-refractivity contribution in [1.29, 1.82) is 0 Å². The number of unbranched alkanes of at least 4 members (excludes halogenated alkanes) is 6. The van der Waals surface area contributed by atoms with Crippen LogP contribution in [0.1, 0.15) is 110 Å². The number of rotatable bonds is 12. The van der Waals surface area contributed by atoms with E-state index in [9.17, 15) is 0 Å². The molecule has 0 spiro atoms. The van der Waals surface area contributed by atoms with Crippen molar-refractivity contribution < 1.29 is 9.47 Å². The predicted molar refractivity (Wildman–Crippen MR) is 93.1 cm³/mol. The van der Waals surface area contributed by atoms with E-state index in [4.69, 9.17) is 9.47 Å². The number of ether oxygens (including phenoxy) is 2. The van der Waals surface area contributed by atoms with E-state index in [1.807, 2.05) is 0 Å². The molecule has 130 valence electrons. The minimum Gasteiger partial charge on any atom is -0.349 e. The zero-order valence-corrected chi connectivity index (χ0v) is 14.9. The normalized spacial score (nSPS) is 20.5. The topological polar surface area (TPSA) is 18.5 Å². The molecule has 2 rings (SSSR count). The molecule has 0 saturated heterocycles. The molecule has 22 heavy (non-hydrogen) atoms. The van der Waals surface area contributed by atoms with E-state index in [0.717, 1.165) is 6.42 Å². The first-order chi connectivity index (χ1) is 10.9. The van der Waals surface area contributed by atoms with Gasteiger partial charge in [0, 0.05) is 0 Å². The van der Waals surface area contributed by atoms with Crippen molar-refractivity contribution in [2.24, 2.45) is 0 Å². The van der Waals surface area contributed by atoms with Gasteiger partial charge < -0.3 is 9.47 Å². The molecule has 2 nitrogen and oxygen atoms in total. The number of hydrogen-bond acceptors (Lipinski definition) is 2. The van der Waals surface area contributed by atoms with Gasteiger partial charge in [-0.3, -0.25) is 0 Å². The van der Waals surface area contributed by atoms with Gasteiger partial charge in [0.25, 0.3) is 0 Å². The third-order valence-electron chi connectivity index (χ3n) is 5.34. The lowest BCUT2D eigenvalue weighted by Gasteiger charge is -2.25. The van der Waals surface area contributed by atoms with Gasteiger partial charge in [0.05, 0.1) is 12.2 Å². The summed E-state index contributed by atoms with van der Waals surface area (Å²) in [6.45, 7) is 2.28. The fourth-order valence-electron chi connectivity index (χ4n) is 3.91. The molecule has 0 amide bonds. The van der Waals surface area contributed by atoms with Gasteiger partial charge in [0.15, 0.2) is 6.29 Å². The monoisotopic (exact) mass is 310 g/mol. The van der Waals surface area contributed by atoms with Gasteiger partial charge in [0.1, 0.15) is 0 Å². The lowest BCUT2D eigenvalue weighted by Crippen LogP contribution is -2.27. The Morgan fingerprint density at radius 3 is 1.64 bits per heavy atom. The van der Waals surface area contributed by atoms with E-state index < -0.39 is 0 Å². The van der Waals surface area contributed by atoms with Crippen molar-refractivity contribution in [1.82, 2.24) is 0 Å².